The molecule has 2 bridgehead atoms. The highest BCUT2D eigenvalue weighted by Gasteiger charge is 2.62. The minimum absolute atomic E-state index is 0.0858. The molecule has 3 aliphatic rings. The van der Waals surface area contributed by atoms with E-state index in [9.17, 15) is 9.59 Å². The Morgan fingerprint density at radius 1 is 1.15 bits per heavy atom. The molecule has 3 heterocycles. The van der Waals surface area contributed by atoms with Crippen molar-refractivity contribution in [2.75, 3.05) is 4.90 Å². The topological polar surface area (TPSA) is 46.6 Å². The van der Waals surface area contributed by atoms with E-state index in [-0.39, 0.29) is 35.9 Å². The smallest absolute Gasteiger partial charge is 0.240 e. The van der Waals surface area contributed by atoms with Gasteiger partial charge in [-0.25, -0.2) is 4.90 Å². The summed E-state index contributed by atoms with van der Waals surface area (Å²) in [7, 11) is 0. The van der Waals surface area contributed by atoms with Crippen molar-refractivity contribution in [3.05, 3.63) is 27.7 Å². The number of carbonyl (C=O) groups excluding carboxylic acids is 2. The minimum Gasteiger partial charge on any atom is -0.373 e. The number of anilines is 1. The maximum absolute atomic E-state index is 12.6. The van der Waals surface area contributed by atoms with Crippen molar-refractivity contribution in [2.24, 2.45) is 11.8 Å². The van der Waals surface area contributed by atoms with Gasteiger partial charge in [-0.2, -0.15) is 0 Å². The molecule has 3 saturated heterocycles. The van der Waals surface area contributed by atoms with E-state index in [4.69, 9.17) is 16.3 Å². The molecule has 0 unspecified atom stereocenters. The summed E-state index contributed by atoms with van der Waals surface area (Å²) in [5.41, 5.74) is 0.544. The quantitative estimate of drug-likeness (QED) is 0.727. The minimum atomic E-state index is -0.302. The van der Waals surface area contributed by atoms with Crippen LogP contribution in [0.2, 0.25) is 5.02 Å². The van der Waals surface area contributed by atoms with E-state index in [0.29, 0.717) is 10.7 Å². The third-order valence-corrected chi connectivity index (χ3v) is 5.68. The summed E-state index contributed by atoms with van der Waals surface area (Å²) in [4.78, 5) is 26.4. The number of hydrogen-bond acceptors (Lipinski definition) is 3. The van der Waals surface area contributed by atoms with E-state index in [1.807, 2.05) is 0 Å². The molecule has 1 aromatic rings. The van der Waals surface area contributed by atoms with E-state index in [1.165, 1.54) is 4.90 Å². The molecule has 0 N–H and O–H groups in total. The first-order valence-electron chi connectivity index (χ1n) is 6.56. The lowest BCUT2D eigenvalue weighted by Gasteiger charge is -2.17. The standard InChI is InChI=1S/C14H11BrClNO3/c15-7-2-1-6(5-8(7)16)17-13(18)11-9-3-4-10(20-9)12(11)14(17)19/h1-2,5,9-12H,3-4H2/t9-,10+,11-,12+. The number of ether oxygens (including phenoxy) is 1. The molecule has 104 valence electrons. The highest BCUT2D eigenvalue weighted by Crippen LogP contribution is 2.49. The third kappa shape index (κ3) is 1.57. The second kappa shape index (κ2) is 4.29. The number of nitrogens with zero attached hydrogens (tertiary/aromatic N) is 1. The molecule has 4 rings (SSSR count). The first kappa shape index (κ1) is 12.8. The summed E-state index contributed by atoms with van der Waals surface area (Å²) < 4.78 is 6.45. The highest BCUT2D eigenvalue weighted by molar-refractivity contribution is 9.10. The molecule has 1 aromatic carbocycles. The van der Waals surface area contributed by atoms with Crippen LogP contribution in [0.4, 0.5) is 5.69 Å². The van der Waals surface area contributed by atoms with Gasteiger partial charge in [0.25, 0.3) is 0 Å². The zero-order valence-electron chi connectivity index (χ0n) is 10.4. The van der Waals surface area contributed by atoms with Crippen molar-refractivity contribution in [1.29, 1.82) is 0 Å². The lowest BCUT2D eigenvalue weighted by Crippen LogP contribution is -2.34. The van der Waals surface area contributed by atoms with Crippen LogP contribution in [0.5, 0.6) is 0 Å². The van der Waals surface area contributed by atoms with Crippen LogP contribution in [0.25, 0.3) is 0 Å². The normalized spacial score (nSPS) is 35.0. The lowest BCUT2D eigenvalue weighted by molar-refractivity contribution is -0.124. The van der Waals surface area contributed by atoms with Gasteiger partial charge in [0.15, 0.2) is 0 Å². The predicted octanol–water partition coefficient (Wildman–Crippen LogP) is 2.77. The van der Waals surface area contributed by atoms with Crippen LogP contribution < -0.4 is 4.90 Å². The molecule has 6 heteroatoms. The van der Waals surface area contributed by atoms with Crippen LogP contribution >= 0.6 is 27.5 Å². The molecular weight excluding hydrogens is 346 g/mol. The second-order valence-corrected chi connectivity index (χ2v) is 6.71. The van der Waals surface area contributed by atoms with Crippen LogP contribution in [0.1, 0.15) is 12.8 Å². The highest BCUT2D eigenvalue weighted by atomic mass is 79.9. The molecule has 0 aromatic heterocycles. The maximum Gasteiger partial charge on any atom is 0.240 e. The monoisotopic (exact) mass is 355 g/mol. The SMILES string of the molecule is O=C1[C@@H]2[C@H](C(=O)N1c1ccc(Br)c(Cl)c1)[C@H]1CC[C@@H]2O1. The van der Waals surface area contributed by atoms with Gasteiger partial charge in [0.05, 0.1) is 34.8 Å². The predicted molar refractivity (Wildman–Crippen MR) is 76.5 cm³/mol. The first-order valence-corrected chi connectivity index (χ1v) is 7.73. The molecular formula is C14H11BrClNO3. The molecule has 2 amide bonds. The van der Waals surface area contributed by atoms with Gasteiger partial charge in [-0.05, 0) is 47.0 Å². The summed E-state index contributed by atoms with van der Waals surface area (Å²) in [6.07, 6.45) is 1.58. The fraction of sp³-hybridized carbons (Fsp3) is 0.429. The molecule has 0 radical (unpaired) electrons. The molecule has 20 heavy (non-hydrogen) atoms. The van der Waals surface area contributed by atoms with E-state index in [1.54, 1.807) is 18.2 Å². The summed E-state index contributed by atoms with van der Waals surface area (Å²) in [5.74, 6) is -0.900. The van der Waals surface area contributed by atoms with Crippen LogP contribution in [0, 0.1) is 11.8 Å². The fourth-order valence-corrected chi connectivity index (χ4v) is 4.01. The Balaban J connectivity index is 1.74. The lowest BCUT2D eigenvalue weighted by atomic mass is 9.81. The van der Waals surface area contributed by atoms with Crippen LogP contribution in [-0.2, 0) is 14.3 Å². The number of benzene rings is 1. The molecule has 4 atom stereocenters. The van der Waals surface area contributed by atoms with Gasteiger partial charge >= 0.3 is 0 Å². The molecule has 4 nitrogen and oxygen atoms in total. The summed E-state index contributed by atoms with van der Waals surface area (Å²) in [6, 6.07) is 5.12. The molecule has 3 aliphatic heterocycles. The summed E-state index contributed by atoms with van der Waals surface area (Å²) in [6.45, 7) is 0. The van der Waals surface area contributed by atoms with Crippen LogP contribution in [-0.4, -0.2) is 24.0 Å². The van der Waals surface area contributed by atoms with E-state index in [0.717, 1.165) is 17.3 Å². The Labute approximate surface area is 129 Å². The number of halogens is 2. The van der Waals surface area contributed by atoms with E-state index >= 15 is 0 Å². The van der Waals surface area contributed by atoms with Crippen molar-refractivity contribution < 1.29 is 14.3 Å². The third-order valence-electron chi connectivity index (χ3n) is 4.45. The maximum atomic E-state index is 12.6. The number of fused-ring (bicyclic) bond motifs is 5. The number of hydrogen-bond donors (Lipinski definition) is 0. The van der Waals surface area contributed by atoms with Gasteiger partial charge in [0, 0.05) is 4.47 Å². The van der Waals surface area contributed by atoms with Crippen LogP contribution in [0.15, 0.2) is 22.7 Å². The Kier molecular flexibility index (Phi) is 2.75. The van der Waals surface area contributed by atoms with Crippen molar-refractivity contribution >= 4 is 45.0 Å². The average molecular weight is 357 g/mol. The molecule has 0 spiro atoms. The zero-order chi connectivity index (χ0) is 14.0. The van der Waals surface area contributed by atoms with Gasteiger partial charge in [-0.15, -0.1) is 0 Å². The van der Waals surface area contributed by atoms with Crippen LogP contribution in [0.3, 0.4) is 0 Å². The Morgan fingerprint density at radius 2 is 1.75 bits per heavy atom. The summed E-state index contributed by atoms with van der Waals surface area (Å²) in [5, 5.41) is 0.486. The zero-order valence-corrected chi connectivity index (χ0v) is 12.7. The number of amides is 2. The Morgan fingerprint density at radius 3 is 2.30 bits per heavy atom. The number of carbonyl (C=O) groups is 2. The fourth-order valence-electron chi connectivity index (χ4n) is 3.59. The molecule has 3 fully saturated rings. The van der Waals surface area contributed by atoms with E-state index in [2.05, 4.69) is 15.9 Å². The Bertz CT molecular complexity index is 607. The van der Waals surface area contributed by atoms with Crippen molar-refractivity contribution in [3.8, 4) is 0 Å². The van der Waals surface area contributed by atoms with Crippen molar-refractivity contribution in [1.82, 2.24) is 0 Å². The van der Waals surface area contributed by atoms with Gasteiger partial charge in [0.2, 0.25) is 11.8 Å². The Hall–Kier alpha value is -0.910. The molecule has 0 aliphatic carbocycles. The summed E-state index contributed by atoms with van der Waals surface area (Å²) >= 11 is 9.36. The largest absolute Gasteiger partial charge is 0.373 e. The van der Waals surface area contributed by atoms with Gasteiger partial charge in [-0.1, -0.05) is 11.6 Å². The average Bonchev–Trinajstić information content (AvgIpc) is 3.08. The van der Waals surface area contributed by atoms with Gasteiger partial charge in [-0.3, -0.25) is 9.59 Å². The molecule has 0 saturated carbocycles. The number of rotatable bonds is 1. The second-order valence-electron chi connectivity index (χ2n) is 5.45. The van der Waals surface area contributed by atoms with E-state index < -0.39 is 0 Å². The van der Waals surface area contributed by atoms with Crippen molar-refractivity contribution in [3.63, 3.8) is 0 Å². The number of imide groups is 1. The first-order chi connectivity index (χ1) is 9.58. The van der Waals surface area contributed by atoms with Gasteiger partial charge in [0.1, 0.15) is 0 Å². The van der Waals surface area contributed by atoms with Crippen molar-refractivity contribution in [2.45, 2.75) is 25.0 Å². The van der Waals surface area contributed by atoms with Gasteiger partial charge < -0.3 is 4.74 Å².